The first-order valence-electron chi connectivity index (χ1n) is 12.8. The largest absolute Gasteiger partial charge is 0.383 e. The van der Waals surface area contributed by atoms with Gasteiger partial charge >= 0.3 is 0 Å². The molecule has 2 amide bonds. The van der Waals surface area contributed by atoms with Gasteiger partial charge in [0.1, 0.15) is 5.69 Å². The molecular formula is C26H36FN5O4S. The average molecular weight is 534 g/mol. The van der Waals surface area contributed by atoms with Crippen LogP contribution in [0.3, 0.4) is 0 Å². The highest BCUT2D eigenvalue weighted by Gasteiger charge is 2.27. The van der Waals surface area contributed by atoms with Gasteiger partial charge in [-0.15, -0.1) is 11.3 Å². The van der Waals surface area contributed by atoms with Gasteiger partial charge in [0.25, 0.3) is 11.8 Å². The summed E-state index contributed by atoms with van der Waals surface area (Å²) in [4.78, 5) is 35.1. The molecule has 37 heavy (non-hydrogen) atoms. The minimum atomic E-state index is -0.506. The molecule has 2 aromatic rings. The highest BCUT2D eigenvalue weighted by molar-refractivity contribution is 7.14. The lowest BCUT2D eigenvalue weighted by Gasteiger charge is -2.24. The molecule has 11 heteroatoms. The zero-order chi connectivity index (χ0) is 26.2. The van der Waals surface area contributed by atoms with Crippen molar-refractivity contribution in [2.75, 3.05) is 63.9 Å². The van der Waals surface area contributed by atoms with Gasteiger partial charge in [-0.1, -0.05) is 6.07 Å². The van der Waals surface area contributed by atoms with Crippen molar-refractivity contribution in [3.63, 3.8) is 0 Å². The van der Waals surface area contributed by atoms with E-state index in [0.717, 1.165) is 49.6 Å². The van der Waals surface area contributed by atoms with Gasteiger partial charge in [-0.05, 0) is 49.9 Å². The number of nitrogens with zero attached hydrogens (tertiary/aromatic N) is 3. The predicted octanol–water partition coefficient (Wildman–Crippen LogP) is 3.32. The Hall–Kier alpha value is -2.60. The SMILES string of the molecule is COC[C@H]1CCCN1Cc1ccc(NC(=O)c2csc(N3CC[C@H](OC)C3)n2)c(C(=O)NCCCF)c1. The first kappa shape index (κ1) is 27.4. The van der Waals surface area contributed by atoms with Gasteiger partial charge in [0.2, 0.25) is 0 Å². The summed E-state index contributed by atoms with van der Waals surface area (Å²) in [6, 6.07) is 5.84. The van der Waals surface area contributed by atoms with Crippen LogP contribution in [-0.2, 0) is 16.0 Å². The number of thiazole rings is 1. The maximum atomic E-state index is 13.1. The van der Waals surface area contributed by atoms with Crippen molar-refractivity contribution in [1.82, 2.24) is 15.2 Å². The number of amides is 2. The van der Waals surface area contributed by atoms with Gasteiger partial charge in [-0.2, -0.15) is 0 Å². The normalized spacial score (nSPS) is 19.9. The monoisotopic (exact) mass is 533 g/mol. The van der Waals surface area contributed by atoms with Crippen molar-refractivity contribution in [2.45, 2.75) is 44.4 Å². The second-order valence-electron chi connectivity index (χ2n) is 9.46. The van der Waals surface area contributed by atoms with E-state index < -0.39 is 6.67 Å². The van der Waals surface area contributed by atoms with Crippen LogP contribution in [-0.4, -0.2) is 87.5 Å². The van der Waals surface area contributed by atoms with E-state index >= 15 is 0 Å². The minimum Gasteiger partial charge on any atom is -0.383 e. The number of hydrogen-bond acceptors (Lipinski definition) is 8. The molecule has 3 heterocycles. The van der Waals surface area contributed by atoms with Crippen molar-refractivity contribution in [3.05, 3.63) is 40.4 Å². The Bertz CT molecular complexity index is 1070. The number of methoxy groups -OCH3 is 2. The Kier molecular flexibility index (Phi) is 9.84. The molecule has 2 aliphatic heterocycles. The smallest absolute Gasteiger partial charge is 0.275 e. The maximum absolute atomic E-state index is 13.1. The third-order valence-electron chi connectivity index (χ3n) is 6.89. The van der Waals surface area contributed by atoms with Crippen molar-refractivity contribution in [2.24, 2.45) is 0 Å². The maximum Gasteiger partial charge on any atom is 0.275 e. The van der Waals surface area contributed by atoms with Crippen molar-refractivity contribution < 1.29 is 23.5 Å². The number of benzene rings is 1. The zero-order valence-electron chi connectivity index (χ0n) is 21.5. The number of carbonyl (C=O) groups excluding carboxylic acids is 2. The van der Waals surface area contributed by atoms with Gasteiger partial charge in [-0.3, -0.25) is 18.9 Å². The van der Waals surface area contributed by atoms with Crippen LogP contribution in [0, 0.1) is 0 Å². The van der Waals surface area contributed by atoms with E-state index in [4.69, 9.17) is 9.47 Å². The van der Waals surface area contributed by atoms with E-state index in [9.17, 15) is 14.0 Å². The number of ether oxygens (including phenoxy) is 2. The number of hydrogen-bond donors (Lipinski definition) is 2. The molecule has 2 aliphatic rings. The molecule has 0 spiro atoms. The summed E-state index contributed by atoms with van der Waals surface area (Å²) >= 11 is 1.41. The third kappa shape index (κ3) is 7.04. The highest BCUT2D eigenvalue weighted by atomic mass is 32.1. The average Bonchev–Trinajstić information content (AvgIpc) is 3.66. The third-order valence-corrected chi connectivity index (χ3v) is 7.79. The van der Waals surface area contributed by atoms with Gasteiger partial charge < -0.3 is 25.0 Å². The van der Waals surface area contributed by atoms with Crippen LogP contribution in [0.5, 0.6) is 0 Å². The number of alkyl halides is 1. The summed E-state index contributed by atoms with van der Waals surface area (Å²) < 4.78 is 23.4. The first-order valence-corrected chi connectivity index (χ1v) is 13.6. The summed E-state index contributed by atoms with van der Waals surface area (Å²) in [5.74, 6) is -0.725. The number of rotatable bonds is 12. The molecule has 0 aliphatic carbocycles. The summed E-state index contributed by atoms with van der Waals surface area (Å²) in [6.45, 7) is 3.62. The van der Waals surface area contributed by atoms with Crippen LogP contribution >= 0.6 is 11.3 Å². The van der Waals surface area contributed by atoms with Gasteiger partial charge in [0.15, 0.2) is 5.13 Å². The van der Waals surface area contributed by atoms with E-state index in [-0.39, 0.29) is 30.9 Å². The molecule has 2 fully saturated rings. The van der Waals surface area contributed by atoms with Crippen LogP contribution < -0.4 is 15.5 Å². The van der Waals surface area contributed by atoms with Crippen molar-refractivity contribution >= 4 is 34.0 Å². The molecule has 0 saturated carbocycles. The van der Waals surface area contributed by atoms with Crippen LogP contribution in [0.25, 0.3) is 0 Å². The van der Waals surface area contributed by atoms with E-state index in [1.807, 2.05) is 12.1 Å². The van der Waals surface area contributed by atoms with Crippen LogP contribution in [0.15, 0.2) is 23.6 Å². The Balaban J connectivity index is 1.49. The van der Waals surface area contributed by atoms with Crippen LogP contribution in [0.4, 0.5) is 15.2 Å². The van der Waals surface area contributed by atoms with Crippen molar-refractivity contribution in [3.8, 4) is 0 Å². The molecule has 2 atom stereocenters. The van der Waals surface area contributed by atoms with Crippen LogP contribution in [0.2, 0.25) is 0 Å². The van der Waals surface area contributed by atoms with Gasteiger partial charge in [0, 0.05) is 51.8 Å². The predicted molar refractivity (Wildman–Crippen MR) is 142 cm³/mol. The number of anilines is 2. The van der Waals surface area contributed by atoms with E-state index in [1.165, 1.54) is 11.3 Å². The second-order valence-corrected chi connectivity index (χ2v) is 10.3. The standard InChI is InChI=1S/C26H36FN5O4S/c1-35-16-19-5-3-11-31(19)14-18-6-7-22(21(13-18)24(33)28-10-4-9-27)29-25(34)23-17-37-26(30-23)32-12-8-20(15-32)36-2/h6-7,13,17,19-20H,3-5,8-12,14-16H2,1-2H3,(H,28,33)(H,29,34)/t19-,20+/m1/s1. The summed E-state index contributed by atoms with van der Waals surface area (Å²) in [6.07, 6.45) is 3.52. The molecule has 9 nitrogen and oxygen atoms in total. The fraction of sp³-hybridized carbons (Fsp3) is 0.577. The van der Waals surface area contributed by atoms with Crippen molar-refractivity contribution in [1.29, 1.82) is 0 Å². The molecule has 0 radical (unpaired) electrons. The lowest BCUT2D eigenvalue weighted by Crippen LogP contribution is -2.32. The summed E-state index contributed by atoms with van der Waals surface area (Å²) in [5.41, 5.74) is 2.02. The zero-order valence-corrected chi connectivity index (χ0v) is 22.3. The Morgan fingerprint density at radius 1 is 1.22 bits per heavy atom. The molecule has 0 unspecified atom stereocenters. The number of nitrogens with one attached hydrogen (secondary N) is 2. The van der Waals surface area contributed by atoms with E-state index in [1.54, 1.807) is 25.7 Å². The number of aromatic nitrogens is 1. The van der Waals surface area contributed by atoms with E-state index in [2.05, 4.69) is 25.4 Å². The molecule has 4 rings (SSSR count). The quantitative estimate of drug-likeness (QED) is 0.404. The first-order chi connectivity index (χ1) is 18.0. The van der Waals surface area contributed by atoms with Gasteiger partial charge in [0.05, 0.1) is 30.6 Å². The second kappa shape index (κ2) is 13.3. The molecule has 2 saturated heterocycles. The molecular weight excluding hydrogens is 497 g/mol. The molecule has 2 N–H and O–H groups in total. The van der Waals surface area contributed by atoms with Gasteiger partial charge in [-0.25, -0.2) is 4.98 Å². The number of likely N-dealkylation sites (tertiary alicyclic amines) is 1. The summed E-state index contributed by atoms with van der Waals surface area (Å²) in [5, 5.41) is 8.13. The molecule has 202 valence electrons. The number of carbonyl (C=O) groups is 2. The Morgan fingerprint density at radius 3 is 2.84 bits per heavy atom. The lowest BCUT2D eigenvalue weighted by molar-refractivity contribution is 0.0952. The molecule has 1 aromatic heterocycles. The molecule has 0 bridgehead atoms. The minimum absolute atomic E-state index is 0.170. The lowest BCUT2D eigenvalue weighted by atomic mass is 10.1. The summed E-state index contributed by atoms with van der Waals surface area (Å²) in [7, 11) is 3.41. The van der Waals surface area contributed by atoms with E-state index in [0.29, 0.717) is 36.1 Å². The topological polar surface area (TPSA) is 96.0 Å². The fourth-order valence-corrected chi connectivity index (χ4v) is 5.71. The van der Waals surface area contributed by atoms with Crippen LogP contribution in [0.1, 0.15) is 52.1 Å². The highest BCUT2D eigenvalue weighted by Crippen LogP contribution is 2.27. The molecule has 1 aromatic carbocycles. The Labute approximate surface area is 221 Å². The number of halogens is 1. The Morgan fingerprint density at radius 2 is 2.08 bits per heavy atom. The fourth-order valence-electron chi connectivity index (χ4n) is 4.86.